The molecule has 5 nitrogen and oxygen atoms in total. The predicted octanol–water partition coefficient (Wildman–Crippen LogP) is 3.09. The van der Waals surface area contributed by atoms with E-state index in [0.717, 1.165) is 16.8 Å². The van der Waals surface area contributed by atoms with Gasteiger partial charge in [0.2, 0.25) is 0 Å². The fourth-order valence-corrected chi connectivity index (χ4v) is 2.04. The first-order valence-corrected chi connectivity index (χ1v) is 7.04. The molecule has 2 rings (SSSR count). The lowest BCUT2D eigenvalue weighted by Crippen LogP contribution is -2.11. The van der Waals surface area contributed by atoms with Crippen LogP contribution in [0.3, 0.4) is 0 Å². The molecule has 6 heteroatoms. The van der Waals surface area contributed by atoms with Crippen molar-refractivity contribution in [2.45, 2.75) is 20.8 Å². The van der Waals surface area contributed by atoms with Crippen LogP contribution in [0, 0.1) is 20.8 Å². The minimum atomic E-state index is -0.657. The van der Waals surface area contributed by atoms with Crippen LogP contribution in [0.2, 0.25) is 0 Å². The monoisotopic (exact) mass is 316 g/mol. The molecule has 0 aliphatic heterocycles. The van der Waals surface area contributed by atoms with Crippen molar-refractivity contribution in [2.75, 3.05) is 5.32 Å². The first-order valence-electron chi connectivity index (χ1n) is 6.63. The zero-order valence-electron chi connectivity index (χ0n) is 12.5. The average Bonchev–Trinajstić information content (AvgIpc) is 2.42. The van der Waals surface area contributed by atoms with Crippen molar-refractivity contribution < 1.29 is 9.52 Å². The maximum atomic E-state index is 11.6. The van der Waals surface area contributed by atoms with Gasteiger partial charge in [0.25, 0.3) is 0 Å². The molecule has 0 fully saturated rings. The minimum absolute atomic E-state index is 0.0317. The second-order valence-corrected chi connectivity index (χ2v) is 5.27. The van der Waals surface area contributed by atoms with Gasteiger partial charge in [-0.2, -0.15) is 0 Å². The highest BCUT2D eigenvalue weighted by Gasteiger charge is 2.08. The molecule has 22 heavy (non-hydrogen) atoms. The molecule has 2 N–H and O–H groups in total. The Labute approximate surface area is 133 Å². The SMILES string of the molecule is Cc1cc(O)c(/C=N/C(=S)Nc2cccc(C)c2C)c(=O)o1. The number of nitrogens with one attached hydrogen (secondary N) is 1. The van der Waals surface area contributed by atoms with Gasteiger partial charge >= 0.3 is 5.63 Å². The standard InChI is InChI=1S/C16H16N2O3S/c1-9-5-4-6-13(11(9)3)18-16(22)17-8-12-14(19)7-10(2)21-15(12)20/h4-8,19H,1-3H3,(H,18,22)/b17-8+. The lowest BCUT2D eigenvalue weighted by Gasteiger charge is -2.09. The number of aromatic hydroxyl groups is 1. The van der Waals surface area contributed by atoms with Crippen LogP contribution in [0.1, 0.15) is 22.5 Å². The molecule has 0 unspecified atom stereocenters. The predicted molar refractivity (Wildman–Crippen MR) is 91.1 cm³/mol. The van der Waals surface area contributed by atoms with Gasteiger partial charge in [-0.25, -0.2) is 9.79 Å². The number of aryl methyl sites for hydroxylation is 2. The molecule has 0 amide bonds. The molecule has 0 spiro atoms. The van der Waals surface area contributed by atoms with E-state index in [1.165, 1.54) is 12.3 Å². The molecule has 0 aliphatic rings. The van der Waals surface area contributed by atoms with Gasteiger partial charge in [-0.1, -0.05) is 12.1 Å². The molecular formula is C16H16N2O3S. The summed E-state index contributed by atoms with van der Waals surface area (Å²) in [5.41, 5.74) is 2.36. The van der Waals surface area contributed by atoms with E-state index in [0.29, 0.717) is 5.76 Å². The van der Waals surface area contributed by atoms with Gasteiger partial charge in [0.05, 0.1) is 0 Å². The molecular weight excluding hydrogens is 300 g/mol. The Hall–Kier alpha value is -2.47. The van der Waals surface area contributed by atoms with E-state index in [1.807, 2.05) is 32.0 Å². The third kappa shape index (κ3) is 3.59. The highest BCUT2D eigenvalue weighted by atomic mass is 32.1. The maximum absolute atomic E-state index is 11.6. The Kier molecular flexibility index (Phi) is 4.72. The Morgan fingerprint density at radius 2 is 2.09 bits per heavy atom. The third-order valence-electron chi connectivity index (χ3n) is 3.25. The van der Waals surface area contributed by atoms with Gasteiger partial charge in [-0.05, 0) is 50.2 Å². The first kappa shape index (κ1) is 15.9. The lowest BCUT2D eigenvalue weighted by molar-refractivity contribution is 0.433. The number of aliphatic imine (C=N–C) groups is 1. The fraction of sp³-hybridized carbons (Fsp3) is 0.188. The molecule has 114 valence electrons. The van der Waals surface area contributed by atoms with Crippen LogP contribution in [-0.2, 0) is 0 Å². The normalized spacial score (nSPS) is 10.9. The fourth-order valence-electron chi connectivity index (χ4n) is 1.88. The van der Waals surface area contributed by atoms with Gasteiger partial charge in [0.15, 0.2) is 5.11 Å². The Morgan fingerprint density at radius 3 is 2.77 bits per heavy atom. The van der Waals surface area contributed by atoms with Gasteiger partial charge in [0, 0.05) is 18.0 Å². The van der Waals surface area contributed by atoms with Crippen molar-refractivity contribution in [3.63, 3.8) is 0 Å². The molecule has 0 atom stereocenters. The Morgan fingerprint density at radius 1 is 1.36 bits per heavy atom. The number of rotatable bonds is 2. The molecule has 0 radical (unpaired) electrons. The van der Waals surface area contributed by atoms with Crippen molar-refractivity contribution in [3.8, 4) is 5.75 Å². The zero-order chi connectivity index (χ0) is 16.3. The zero-order valence-corrected chi connectivity index (χ0v) is 13.3. The summed E-state index contributed by atoms with van der Waals surface area (Å²) in [5, 5.41) is 12.9. The topological polar surface area (TPSA) is 74.8 Å². The second-order valence-electron chi connectivity index (χ2n) is 4.88. The van der Waals surface area contributed by atoms with Crippen molar-refractivity contribution in [1.29, 1.82) is 0 Å². The molecule has 1 aromatic heterocycles. The van der Waals surface area contributed by atoms with Crippen molar-refractivity contribution >= 4 is 29.2 Å². The van der Waals surface area contributed by atoms with Crippen LogP contribution in [0.25, 0.3) is 0 Å². The smallest absolute Gasteiger partial charge is 0.348 e. The summed E-state index contributed by atoms with van der Waals surface area (Å²) >= 11 is 5.13. The highest BCUT2D eigenvalue weighted by Crippen LogP contribution is 2.18. The van der Waals surface area contributed by atoms with E-state index < -0.39 is 5.63 Å². The number of thiocarbonyl (C=S) groups is 1. The summed E-state index contributed by atoms with van der Waals surface area (Å²) in [6.45, 7) is 5.56. The van der Waals surface area contributed by atoms with Crippen molar-refractivity contribution in [1.82, 2.24) is 0 Å². The van der Waals surface area contributed by atoms with Gasteiger partial charge in [-0.15, -0.1) is 0 Å². The summed E-state index contributed by atoms with van der Waals surface area (Å²) in [6, 6.07) is 7.16. The molecule has 0 saturated heterocycles. The summed E-state index contributed by atoms with van der Waals surface area (Å²) in [7, 11) is 0. The molecule has 1 heterocycles. The van der Waals surface area contributed by atoms with Gasteiger partial charge in [-0.3, -0.25) is 0 Å². The highest BCUT2D eigenvalue weighted by molar-refractivity contribution is 7.80. The number of hydrogen-bond donors (Lipinski definition) is 2. The molecule has 0 saturated carbocycles. The first-order chi connectivity index (χ1) is 10.4. The lowest BCUT2D eigenvalue weighted by atomic mass is 10.1. The Balaban J connectivity index is 2.19. The quantitative estimate of drug-likeness (QED) is 0.658. The van der Waals surface area contributed by atoms with Crippen molar-refractivity contribution in [2.24, 2.45) is 4.99 Å². The van der Waals surface area contributed by atoms with Crippen LogP contribution >= 0.6 is 12.2 Å². The Bertz CT molecular complexity index is 810. The summed E-state index contributed by atoms with van der Waals surface area (Å²) in [5.74, 6) is 0.141. The average molecular weight is 316 g/mol. The molecule has 0 bridgehead atoms. The number of anilines is 1. The largest absolute Gasteiger partial charge is 0.507 e. The van der Waals surface area contributed by atoms with Crippen LogP contribution in [0.4, 0.5) is 5.69 Å². The van der Waals surface area contributed by atoms with E-state index in [1.54, 1.807) is 6.92 Å². The van der Waals surface area contributed by atoms with E-state index in [9.17, 15) is 9.90 Å². The van der Waals surface area contributed by atoms with E-state index in [-0.39, 0.29) is 16.4 Å². The maximum Gasteiger partial charge on any atom is 0.348 e. The van der Waals surface area contributed by atoms with E-state index in [2.05, 4.69) is 10.3 Å². The van der Waals surface area contributed by atoms with Gasteiger partial charge in [0.1, 0.15) is 17.1 Å². The van der Waals surface area contributed by atoms with E-state index in [4.69, 9.17) is 16.6 Å². The summed E-state index contributed by atoms with van der Waals surface area (Å²) < 4.78 is 4.90. The van der Waals surface area contributed by atoms with Crippen LogP contribution in [0.15, 0.2) is 38.5 Å². The van der Waals surface area contributed by atoms with Crippen molar-refractivity contribution in [3.05, 3.63) is 57.1 Å². The summed E-state index contributed by atoms with van der Waals surface area (Å²) in [4.78, 5) is 15.6. The van der Waals surface area contributed by atoms with Crippen LogP contribution < -0.4 is 10.9 Å². The molecule has 1 aromatic carbocycles. The second kappa shape index (κ2) is 6.53. The number of hydrogen-bond acceptors (Lipinski definition) is 4. The van der Waals surface area contributed by atoms with Gasteiger partial charge < -0.3 is 14.8 Å². The molecule has 2 aromatic rings. The minimum Gasteiger partial charge on any atom is -0.507 e. The number of nitrogens with zero attached hydrogens (tertiary/aromatic N) is 1. The van der Waals surface area contributed by atoms with E-state index >= 15 is 0 Å². The third-order valence-corrected chi connectivity index (χ3v) is 3.45. The molecule has 0 aliphatic carbocycles. The van der Waals surface area contributed by atoms with Crippen LogP contribution in [-0.4, -0.2) is 16.4 Å². The van der Waals surface area contributed by atoms with Crippen LogP contribution in [0.5, 0.6) is 5.75 Å². The summed E-state index contributed by atoms with van der Waals surface area (Å²) in [6.07, 6.45) is 1.20. The number of benzene rings is 1.